The van der Waals surface area contributed by atoms with Gasteiger partial charge in [0.15, 0.2) is 0 Å². The van der Waals surface area contributed by atoms with Crippen LogP contribution in [0.15, 0.2) is 23.1 Å². The van der Waals surface area contributed by atoms with E-state index in [1.54, 1.807) is 12.3 Å². The molecule has 0 saturated heterocycles. The Morgan fingerprint density at radius 2 is 2.20 bits per heavy atom. The van der Waals surface area contributed by atoms with Gasteiger partial charge in [0.2, 0.25) is 11.7 Å². The summed E-state index contributed by atoms with van der Waals surface area (Å²) in [6, 6.07) is 1.68. The number of hydrogen-bond donors (Lipinski definition) is 1. The van der Waals surface area contributed by atoms with Crippen molar-refractivity contribution in [1.29, 1.82) is 0 Å². The maximum atomic E-state index is 11.3. The molecule has 1 aliphatic rings. The first kappa shape index (κ1) is 12.7. The molecular weight excluding hydrogens is 260 g/mol. The van der Waals surface area contributed by atoms with Crippen molar-refractivity contribution >= 4 is 5.97 Å². The van der Waals surface area contributed by atoms with Gasteiger partial charge in [-0.15, -0.1) is 0 Å². The van der Waals surface area contributed by atoms with Gasteiger partial charge in [0, 0.05) is 6.20 Å². The Bertz CT molecular complexity index is 599. The summed E-state index contributed by atoms with van der Waals surface area (Å²) in [6.45, 7) is 0. The molecule has 0 spiro atoms. The van der Waals surface area contributed by atoms with Crippen molar-refractivity contribution in [3.63, 3.8) is 0 Å². The minimum Gasteiger partial charge on any atom is -0.481 e. The monoisotopic (exact) mass is 274 g/mol. The molecule has 2 unspecified atom stereocenters. The van der Waals surface area contributed by atoms with Crippen molar-refractivity contribution in [2.75, 3.05) is 0 Å². The quantitative estimate of drug-likeness (QED) is 0.911. The number of aliphatic carboxylic acids is 1. The van der Waals surface area contributed by atoms with Crippen molar-refractivity contribution in [3.05, 3.63) is 24.5 Å². The molecule has 2 heterocycles. The second-order valence-corrected chi connectivity index (χ2v) is 4.89. The van der Waals surface area contributed by atoms with E-state index in [0.29, 0.717) is 23.8 Å². The zero-order valence-corrected chi connectivity index (χ0v) is 10.8. The lowest BCUT2D eigenvalue weighted by Gasteiger charge is -2.25. The van der Waals surface area contributed by atoms with Gasteiger partial charge in [-0.2, -0.15) is 4.98 Å². The molecule has 104 valence electrons. The molecule has 1 N–H and O–H groups in total. The highest BCUT2D eigenvalue weighted by Gasteiger charge is 2.35. The largest absolute Gasteiger partial charge is 0.481 e. The number of rotatable bonds is 3. The van der Waals surface area contributed by atoms with Crippen LogP contribution in [0, 0.1) is 5.92 Å². The van der Waals surface area contributed by atoms with E-state index >= 15 is 0 Å². The van der Waals surface area contributed by atoms with Gasteiger partial charge in [-0.25, -0.2) is 9.97 Å². The SMILES string of the molecule is O=C(O)C1CCCCC1c1nc(-c2ccncn2)no1. The van der Waals surface area contributed by atoms with Crippen LogP contribution >= 0.6 is 0 Å². The Morgan fingerprint density at radius 1 is 1.35 bits per heavy atom. The molecule has 1 aliphatic carbocycles. The first-order valence-electron chi connectivity index (χ1n) is 6.58. The number of aromatic nitrogens is 4. The average Bonchev–Trinajstić information content (AvgIpc) is 2.98. The van der Waals surface area contributed by atoms with Gasteiger partial charge < -0.3 is 9.63 Å². The highest BCUT2D eigenvalue weighted by Crippen LogP contribution is 2.37. The summed E-state index contributed by atoms with van der Waals surface area (Å²) < 4.78 is 5.25. The Kier molecular flexibility index (Phi) is 3.41. The zero-order valence-electron chi connectivity index (χ0n) is 10.8. The number of nitrogens with zero attached hydrogens (tertiary/aromatic N) is 4. The van der Waals surface area contributed by atoms with E-state index in [2.05, 4.69) is 20.1 Å². The first-order valence-corrected chi connectivity index (χ1v) is 6.58. The van der Waals surface area contributed by atoms with Crippen LogP contribution in [-0.4, -0.2) is 31.2 Å². The topological polar surface area (TPSA) is 102 Å². The van der Waals surface area contributed by atoms with Crippen LogP contribution in [0.5, 0.6) is 0 Å². The zero-order chi connectivity index (χ0) is 13.9. The standard InChI is InChI=1S/C13H14N4O3/c18-13(19)9-4-2-1-3-8(9)12-16-11(17-20-12)10-5-6-14-7-15-10/h5-9H,1-4H2,(H,18,19). The van der Waals surface area contributed by atoms with Gasteiger partial charge in [0.25, 0.3) is 0 Å². The molecule has 3 rings (SSSR count). The Balaban J connectivity index is 1.87. The summed E-state index contributed by atoms with van der Waals surface area (Å²) in [5.41, 5.74) is 0.567. The highest BCUT2D eigenvalue weighted by molar-refractivity contribution is 5.71. The predicted octanol–water partition coefficient (Wildman–Crippen LogP) is 1.89. The van der Waals surface area contributed by atoms with Crippen LogP contribution in [0.4, 0.5) is 0 Å². The molecule has 0 aromatic carbocycles. The van der Waals surface area contributed by atoms with Crippen molar-refractivity contribution in [2.45, 2.75) is 31.6 Å². The molecular formula is C13H14N4O3. The van der Waals surface area contributed by atoms with Crippen LogP contribution in [0.1, 0.15) is 37.5 Å². The van der Waals surface area contributed by atoms with Crippen LogP contribution in [0.25, 0.3) is 11.5 Å². The molecule has 2 aromatic heterocycles. The third kappa shape index (κ3) is 2.38. The van der Waals surface area contributed by atoms with E-state index in [4.69, 9.17) is 4.52 Å². The Morgan fingerprint density at radius 3 is 2.95 bits per heavy atom. The van der Waals surface area contributed by atoms with Gasteiger partial charge in [-0.05, 0) is 18.9 Å². The van der Waals surface area contributed by atoms with Gasteiger partial charge in [0.05, 0.1) is 11.8 Å². The second-order valence-electron chi connectivity index (χ2n) is 4.89. The Labute approximate surface area is 115 Å². The molecule has 0 radical (unpaired) electrons. The number of carbonyl (C=O) groups is 1. The van der Waals surface area contributed by atoms with Crippen LogP contribution in [-0.2, 0) is 4.79 Å². The molecule has 0 aliphatic heterocycles. The summed E-state index contributed by atoms with van der Waals surface area (Å²) >= 11 is 0. The van der Waals surface area contributed by atoms with E-state index in [1.807, 2.05) is 0 Å². The fraction of sp³-hybridized carbons (Fsp3) is 0.462. The van der Waals surface area contributed by atoms with Gasteiger partial charge in [-0.3, -0.25) is 4.79 Å². The molecule has 1 saturated carbocycles. The van der Waals surface area contributed by atoms with E-state index in [0.717, 1.165) is 19.3 Å². The molecule has 1 fully saturated rings. The minimum absolute atomic E-state index is 0.204. The summed E-state index contributed by atoms with van der Waals surface area (Å²) in [4.78, 5) is 23.5. The van der Waals surface area contributed by atoms with E-state index < -0.39 is 11.9 Å². The van der Waals surface area contributed by atoms with Gasteiger partial charge in [0.1, 0.15) is 12.0 Å². The smallest absolute Gasteiger partial charge is 0.307 e. The summed E-state index contributed by atoms with van der Waals surface area (Å²) in [5, 5.41) is 13.2. The normalized spacial score (nSPS) is 22.6. The molecule has 0 amide bonds. The van der Waals surface area contributed by atoms with E-state index in [9.17, 15) is 9.90 Å². The number of carboxylic acids is 1. The molecule has 7 nitrogen and oxygen atoms in total. The second kappa shape index (κ2) is 5.36. The van der Waals surface area contributed by atoms with E-state index in [-0.39, 0.29) is 5.92 Å². The summed E-state index contributed by atoms with van der Waals surface area (Å²) in [6.07, 6.45) is 6.35. The van der Waals surface area contributed by atoms with Crippen LogP contribution < -0.4 is 0 Å². The summed E-state index contributed by atoms with van der Waals surface area (Å²) in [5.74, 6) is -0.675. The third-order valence-corrected chi connectivity index (χ3v) is 3.65. The first-order chi connectivity index (χ1) is 9.75. The molecule has 20 heavy (non-hydrogen) atoms. The van der Waals surface area contributed by atoms with Crippen molar-refractivity contribution in [2.24, 2.45) is 5.92 Å². The molecule has 2 atom stereocenters. The molecule has 7 heteroatoms. The van der Waals surface area contributed by atoms with Crippen LogP contribution in [0.3, 0.4) is 0 Å². The van der Waals surface area contributed by atoms with E-state index in [1.165, 1.54) is 6.33 Å². The average molecular weight is 274 g/mol. The third-order valence-electron chi connectivity index (χ3n) is 3.65. The fourth-order valence-electron chi connectivity index (χ4n) is 2.63. The van der Waals surface area contributed by atoms with Gasteiger partial charge >= 0.3 is 5.97 Å². The lowest BCUT2D eigenvalue weighted by Crippen LogP contribution is -2.25. The maximum Gasteiger partial charge on any atom is 0.307 e. The van der Waals surface area contributed by atoms with Crippen molar-refractivity contribution < 1.29 is 14.4 Å². The predicted molar refractivity (Wildman–Crippen MR) is 67.7 cm³/mol. The van der Waals surface area contributed by atoms with Crippen LogP contribution in [0.2, 0.25) is 0 Å². The van der Waals surface area contributed by atoms with Crippen molar-refractivity contribution in [1.82, 2.24) is 20.1 Å². The minimum atomic E-state index is -0.795. The fourth-order valence-corrected chi connectivity index (χ4v) is 2.63. The number of carboxylic acid groups (broad SMARTS) is 1. The number of hydrogen-bond acceptors (Lipinski definition) is 6. The lowest BCUT2D eigenvalue weighted by atomic mass is 9.79. The lowest BCUT2D eigenvalue weighted by molar-refractivity contribution is -0.143. The molecule has 2 aromatic rings. The van der Waals surface area contributed by atoms with Crippen molar-refractivity contribution in [3.8, 4) is 11.5 Å². The Hall–Kier alpha value is -2.31. The van der Waals surface area contributed by atoms with Gasteiger partial charge in [-0.1, -0.05) is 18.0 Å². The summed E-state index contributed by atoms with van der Waals surface area (Å²) in [7, 11) is 0. The molecule has 0 bridgehead atoms. The highest BCUT2D eigenvalue weighted by atomic mass is 16.5. The maximum absolute atomic E-state index is 11.3.